The van der Waals surface area contributed by atoms with Crippen molar-refractivity contribution in [3.05, 3.63) is 28.5 Å². The van der Waals surface area contributed by atoms with Crippen molar-refractivity contribution in [1.82, 2.24) is 9.88 Å². The molecular weight excluding hydrogens is 210 g/mol. The summed E-state index contributed by atoms with van der Waals surface area (Å²) in [5, 5.41) is 9.06. The summed E-state index contributed by atoms with van der Waals surface area (Å²) in [7, 11) is 2.10. The van der Waals surface area contributed by atoms with E-state index < -0.39 is 0 Å². The number of hydrogen-bond donors (Lipinski definition) is 0. The minimum atomic E-state index is 0.324. The number of rotatable bonds is 1. The smallest absolute Gasteiger partial charge is 0.147 e. The fraction of sp³-hybridized carbons (Fsp3) is 0.455. The number of aromatic nitrogens is 1. The third-order valence-electron chi connectivity index (χ3n) is 2.80. The highest BCUT2D eigenvalue weighted by atomic mass is 35.5. The minimum absolute atomic E-state index is 0.324. The van der Waals surface area contributed by atoms with E-state index in [9.17, 15) is 0 Å². The van der Waals surface area contributed by atoms with Gasteiger partial charge < -0.3 is 4.90 Å². The first kappa shape index (κ1) is 10.4. The fourth-order valence-corrected chi connectivity index (χ4v) is 2.14. The quantitative estimate of drug-likeness (QED) is 0.682. The van der Waals surface area contributed by atoms with Gasteiger partial charge in [-0.15, -0.1) is 0 Å². The normalized spacial score (nSPS) is 21.5. The van der Waals surface area contributed by atoms with Crippen molar-refractivity contribution in [3.63, 3.8) is 0 Å². The van der Waals surface area contributed by atoms with Crippen LogP contribution in [0.15, 0.2) is 12.1 Å². The van der Waals surface area contributed by atoms with Gasteiger partial charge in [-0.2, -0.15) is 5.26 Å². The minimum Gasteiger partial charge on any atom is -0.306 e. The predicted octanol–water partition coefficient (Wildman–Crippen LogP) is 2.03. The summed E-state index contributed by atoms with van der Waals surface area (Å²) >= 11 is 5.90. The first-order valence-electron chi connectivity index (χ1n) is 4.96. The van der Waals surface area contributed by atoms with Crippen molar-refractivity contribution in [2.45, 2.75) is 12.3 Å². The number of likely N-dealkylation sites (tertiary alicyclic amines) is 1. The zero-order chi connectivity index (χ0) is 10.8. The van der Waals surface area contributed by atoms with Gasteiger partial charge in [0.2, 0.25) is 0 Å². The summed E-state index contributed by atoms with van der Waals surface area (Å²) in [6, 6.07) is 5.68. The Morgan fingerprint density at radius 3 is 2.93 bits per heavy atom. The summed E-state index contributed by atoms with van der Waals surface area (Å²) in [6.45, 7) is 2.12. The maximum Gasteiger partial charge on any atom is 0.147 e. The second kappa shape index (κ2) is 4.18. The second-order valence-corrected chi connectivity index (χ2v) is 4.29. The first-order chi connectivity index (χ1) is 7.20. The van der Waals surface area contributed by atoms with Crippen LogP contribution < -0.4 is 0 Å². The lowest BCUT2D eigenvalue weighted by Gasteiger charge is -2.10. The molecule has 3 nitrogen and oxygen atoms in total. The molecule has 0 amide bonds. The standard InChI is InChI=1S/C11H12ClN3/c1-15-5-4-9(7-15)10-3-2-8(6-13)11(12)14-10/h2-3,9H,4-5,7H2,1H3. The molecule has 0 aromatic carbocycles. The molecule has 1 saturated heterocycles. The van der Waals surface area contributed by atoms with E-state index in [1.807, 2.05) is 12.1 Å². The Morgan fingerprint density at radius 2 is 2.40 bits per heavy atom. The van der Waals surface area contributed by atoms with E-state index in [4.69, 9.17) is 16.9 Å². The molecule has 2 rings (SSSR count). The summed E-state index contributed by atoms with van der Waals surface area (Å²) < 4.78 is 0. The van der Waals surface area contributed by atoms with Gasteiger partial charge in [0.1, 0.15) is 11.2 Å². The molecule has 15 heavy (non-hydrogen) atoms. The topological polar surface area (TPSA) is 39.9 Å². The van der Waals surface area contributed by atoms with E-state index in [1.54, 1.807) is 6.07 Å². The van der Waals surface area contributed by atoms with Crippen LogP contribution in [0.5, 0.6) is 0 Å². The zero-order valence-corrected chi connectivity index (χ0v) is 9.33. The van der Waals surface area contributed by atoms with Gasteiger partial charge in [0, 0.05) is 18.2 Å². The Kier molecular flexibility index (Phi) is 2.90. The molecule has 0 aliphatic carbocycles. The monoisotopic (exact) mass is 221 g/mol. The number of nitrogens with zero attached hydrogens (tertiary/aromatic N) is 3. The molecule has 0 radical (unpaired) electrons. The second-order valence-electron chi connectivity index (χ2n) is 3.93. The molecule has 1 fully saturated rings. The van der Waals surface area contributed by atoms with E-state index in [-0.39, 0.29) is 0 Å². The van der Waals surface area contributed by atoms with Crippen molar-refractivity contribution in [2.75, 3.05) is 20.1 Å². The molecule has 0 bridgehead atoms. The Labute approximate surface area is 94.3 Å². The molecule has 4 heteroatoms. The molecular formula is C11H12ClN3. The summed E-state index contributed by atoms with van der Waals surface area (Å²) in [5.74, 6) is 0.459. The van der Waals surface area contributed by atoms with Gasteiger partial charge in [0.05, 0.1) is 5.56 Å². The highest BCUT2D eigenvalue weighted by Crippen LogP contribution is 2.26. The van der Waals surface area contributed by atoms with Crippen molar-refractivity contribution < 1.29 is 0 Å². The third-order valence-corrected chi connectivity index (χ3v) is 3.09. The van der Waals surface area contributed by atoms with Crippen LogP contribution in [0.1, 0.15) is 23.6 Å². The van der Waals surface area contributed by atoms with E-state index in [2.05, 4.69) is 16.9 Å². The van der Waals surface area contributed by atoms with Gasteiger partial charge in [-0.05, 0) is 32.1 Å². The lowest BCUT2D eigenvalue weighted by molar-refractivity contribution is 0.410. The highest BCUT2D eigenvalue weighted by Gasteiger charge is 2.22. The number of hydrogen-bond acceptors (Lipinski definition) is 3. The summed E-state index contributed by atoms with van der Waals surface area (Å²) in [5.41, 5.74) is 1.45. The molecule has 0 spiro atoms. The number of nitriles is 1. The van der Waals surface area contributed by atoms with Gasteiger partial charge >= 0.3 is 0 Å². The van der Waals surface area contributed by atoms with Crippen molar-refractivity contribution >= 4 is 11.6 Å². The Balaban J connectivity index is 2.24. The lowest BCUT2D eigenvalue weighted by atomic mass is 10.0. The number of likely N-dealkylation sites (N-methyl/N-ethyl adjacent to an activating group) is 1. The van der Waals surface area contributed by atoms with Gasteiger partial charge in [0.15, 0.2) is 0 Å². The molecule has 1 atom stereocenters. The first-order valence-corrected chi connectivity index (χ1v) is 5.33. The number of halogens is 1. The average molecular weight is 222 g/mol. The van der Waals surface area contributed by atoms with Gasteiger partial charge in [-0.3, -0.25) is 0 Å². The number of pyridine rings is 1. The molecule has 1 aromatic heterocycles. The van der Waals surface area contributed by atoms with Crippen LogP contribution in [0.4, 0.5) is 0 Å². The van der Waals surface area contributed by atoms with Crippen LogP contribution in [0, 0.1) is 11.3 Å². The van der Waals surface area contributed by atoms with Crippen molar-refractivity contribution in [1.29, 1.82) is 5.26 Å². The fourth-order valence-electron chi connectivity index (χ4n) is 1.94. The molecule has 0 N–H and O–H groups in total. The van der Waals surface area contributed by atoms with Crippen molar-refractivity contribution in [2.24, 2.45) is 0 Å². The van der Waals surface area contributed by atoms with Gasteiger partial charge in [0.25, 0.3) is 0 Å². The van der Waals surface area contributed by atoms with Crippen LogP contribution in [-0.2, 0) is 0 Å². The Hall–Kier alpha value is -1.11. The predicted molar refractivity (Wildman–Crippen MR) is 58.8 cm³/mol. The van der Waals surface area contributed by atoms with E-state index >= 15 is 0 Å². The zero-order valence-electron chi connectivity index (χ0n) is 8.57. The van der Waals surface area contributed by atoms with Gasteiger partial charge in [-0.25, -0.2) is 4.98 Å². The molecule has 1 aliphatic heterocycles. The highest BCUT2D eigenvalue weighted by molar-refractivity contribution is 6.30. The van der Waals surface area contributed by atoms with Crippen LogP contribution in [0.2, 0.25) is 5.15 Å². The molecule has 0 saturated carbocycles. The maximum absolute atomic E-state index is 8.73. The maximum atomic E-state index is 8.73. The van der Waals surface area contributed by atoms with Crippen LogP contribution in [0.3, 0.4) is 0 Å². The SMILES string of the molecule is CN1CCC(c2ccc(C#N)c(Cl)n2)C1. The van der Waals surface area contributed by atoms with Crippen molar-refractivity contribution in [3.8, 4) is 6.07 Å². The summed E-state index contributed by atoms with van der Waals surface area (Å²) in [6.07, 6.45) is 1.12. The Bertz CT molecular complexity index is 411. The molecule has 78 valence electrons. The molecule has 1 unspecified atom stereocenters. The van der Waals surface area contributed by atoms with Crippen LogP contribution >= 0.6 is 11.6 Å². The van der Waals surface area contributed by atoms with Gasteiger partial charge in [-0.1, -0.05) is 11.6 Å². The average Bonchev–Trinajstić information content (AvgIpc) is 2.65. The largest absolute Gasteiger partial charge is 0.306 e. The third kappa shape index (κ3) is 2.11. The molecule has 2 heterocycles. The molecule has 1 aliphatic rings. The van der Waals surface area contributed by atoms with Crippen LogP contribution in [-0.4, -0.2) is 30.0 Å². The van der Waals surface area contributed by atoms with E-state index in [1.165, 1.54) is 0 Å². The summed E-state index contributed by atoms with van der Waals surface area (Å²) in [4.78, 5) is 6.55. The van der Waals surface area contributed by atoms with Crippen LogP contribution in [0.25, 0.3) is 0 Å². The molecule has 1 aromatic rings. The van der Waals surface area contributed by atoms with E-state index in [0.717, 1.165) is 25.2 Å². The Morgan fingerprint density at radius 1 is 1.60 bits per heavy atom. The lowest BCUT2D eigenvalue weighted by Crippen LogP contribution is -2.13. The van der Waals surface area contributed by atoms with E-state index in [0.29, 0.717) is 16.6 Å².